The zero-order chi connectivity index (χ0) is 27.0. The van der Waals surface area contributed by atoms with Gasteiger partial charge in [-0.25, -0.2) is 0 Å². The Morgan fingerprint density at radius 3 is 2.61 bits per heavy atom. The zero-order valence-electron chi connectivity index (χ0n) is 19.9. The molecule has 2 heterocycles. The topological polar surface area (TPSA) is 102 Å². The van der Waals surface area contributed by atoms with E-state index in [1.807, 2.05) is 0 Å². The fraction of sp³-hybridized carbons (Fsp3) is 0.222. The average molecular weight is 541 g/mol. The number of aryl methyl sites for hydroxylation is 2. The van der Waals surface area contributed by atoms with E-state index >= 15 is 0 Å². The number of anilines is 1. The Labute approximate surface area is 218 Å². The van der Waals surface area contributed by atoms with Crippen molar-refractivity contribution in [1.29, 1.82) is 5.26 Å². The van der Waals surface area contributed by atoms with Gasteiger partial charge in [0, 0.05) is 10.9 Å². The summed E-state index contributed by atoms with van der Waals surface area (Å²) in [6.07, 6.45) is -2.38. The number of ether oxygens (including phenoxy) is 2. The van der Waals surface area contributed by atoms with Gasteiger partial charge in [-0.15, -0.1) is 11.3 Å². The third kappa shape index (κ3) is 4.95. The number of rotatable bonds is 6. The summed E-state index contributed by atoms with van der Waals surface area (Å²) in [6, 6.07) is 12.0. The zero-order valence-corrected chi connectivity index (χ0v) is 20.7. The second kappa shape index (κ2) is 9.87. The summed E-state index contributed by atoms with van der Waals surface area (Å²) in [7, 11) is 0. The molecule has 2 aromatic carbocycles. The molecule has 11 heteroatoms. The highest BCUT2D eigenvalue weighted by Gasteiger charge is 2.40. The van der Waals surface area contributed by atoms with Crippen molar-refractivity contribution in [1.82, 2.24) is 0 Å². The molecule has 0 radical (unpaired) electrons. The van der Waals surface area contributed by atoms with Crippen molar-refractivity contribution in [2.24, 2.45) is 0 Å². The number of hydrogen-bond acceptors (Lipinski definition) is 7. The maximum atomic E-state index is 13.8. The quantitative estimate of drug-likeness (QED) is 0.306. The van der Waals surface area contributed by atoms with Crippen molar-refractivity contribution >= 4 is 33.2 Å². The van der Waals surface area contributed by atoms with Crippen LogP contribution in [0.1, 0.15) is 33.7 Å². The number of benzene rings is 2. The Bertz CT molecular complexity index is 1650. The number of nitrogens with zero attached hydrogens (tertiary/aromatic N) is 1. The first kappa shape index (κ1) is 25.4. The van der Waals surface area contributed by atoms with Crippen LogP contribution in [0.15, 0.2) is 51.7 Å². The van der Waals surface area contributed by atoms with Crippen LogP contribution in [-0.4, -0.2) is 12.5 Å². The number of hydrogen-bond donors (Lipinski definition) is 1. The van der Waals surface area contributed by atoms with Crippen LogP contribution in [0.3, 0.4) is 0 Å². The number of nitriles is 1. The van der Waals surface area contributed by atoms with Crippen LogP contribution in [0.5, 0.6) is 17.2 Å². The average Bonchev–Trinajstić information content (AvgIpc) is 3.45. The summed E-state index contributed by atoms with van der Waals surface area (Å²) in [4.78, 5) is 26.5. The van der Waals surface area contributed by atoms with Gasteiger partial charge >= 0.3 is 6.18 Å². The van der Waals surface area contributed by atoms with Crippen LogP contribution in [0.25, 0.3) is 11.0 Å². The molecule has 38 heavy (non-hydrogen) atoms. The van der Waals surface area contributed by atoms with Gasteiger partial charge in [0.1, 0.15) is 28.2 Å². The largest absolute Gasteiger partial charge is 0.484 e. The van der Waals surface area contributed by atoms with Gasteiger partial charge in [-0.1, -0.05) is 17.7 Å². The molecule has 0 saturated carbocycles. The second-order valence-electron chi connectivity index (χ2n) is 8.67. The Balaban J connectivity index is 1.38. The van der Waals surface area contributed by atoms with Gasteiger partial charge in [-0.05, 0) is 56.0 Å². The lowest BCUT2D eigenvalue weighted by molar-refractivity contribution is -0.154. The lowest BCUT2D eigenvalue weighted by Gasteiger charge is -2.14. The molecule has 5 rings (SSSR count). The normalized spacial score (nSPS) is 12.7. The molecule has 0 bridgehead atoms. The number of carbonyl (C=O) groups excluding carboxylic acids is 1. The number of alkyl halides is 3. The van der Waals surface area contributed by atoms with Gasteiger partial charge in [0.05, 0.1) is 10.9 Å². The lowest BCUT2D eigenvalue weighted by Crippen LogP contribution is -2.20. The van der Waals surface area contributed by atoms with Crippen molar-refractivity contribution in [3.05, 3.63) is 80.0 Å². The van der Waals surface area contributed by atoms with Crippen molar-refractivity contribution in [3.8, 4) is 23.3 Å². The van der Waals surface area contributed by atoms with E-state index in [1.165, 1.54) is 35.6 Å². The van der Waals surface area contributed by atoms with Crippen LogP contribution in [0.2, 0.25) is 0 Å². The number of carbonyl (C=O) groups is 1. The van der Waals surface area contributed by atoms with Gasteiger partial charge in [0.25, 0.3) is 11.7 Å². The first-order chi connectivity index (χ1) is 18.1. The third-order valence-electron chi connectivity index (χ3n) is 5.98. The van der Waals surface area contributed by atoms with Crippen LogP contribution in [0.4, 0.5) is 18.2 Å². The minimum absolute atomic E-state index is 0.0188. The smallest absolute Gasteiger partial charge is 0.453 e. The van der Waals surface area contributed by atoms with Crippen LogP contribution in [0, 0.1) is 18.3 Å². The molecule has 194 valence electrons. The summed E-state index contributed by atoms with van der Waals surface area (Å²) < 4.78 is 57.2. The summed E-state index contributed by atoms with van der Waals surface area (Å²) in [5.74, 6) is -3.03. The Morgan fingerprint density at radius 2 is 1.89 bits per heavy atom. The predicted octanol–water partition coefficient (Wildman–Crippen LogP) is 6.35. The molecule has 1 N–H and O–H groups in total. The van der Waals surface area contributed by atoms with Crippen molar-refractivity contribution in [2.75, 3.05) is 11.9 Å². The first-order valence-corrected chi connectivity index (χ1v) is 12.4. The highest BCUT2D eigenvalue weighted by atomic mass is 32.1. The van der Waals surface area contributed by atoms with E-state index in [9.17, 15) is 28.0 Å². The minimum atomic E-state index is -5.01. The molecule has 1 aliphatic carbocycles. The molecule has 0 spiro atoms. The molecule has 0 aliphatic heterocycles. The minimum Gasteiger partial charge on any atom is -0.484 e. The number of nitrogens with one attached hydrogen (secondary N) is 1. The first-order valence-electron chi connectivity index (χ1n) is 11.5. The van der Waals surface area contributed by atoms with Crippen molar-refractivity contribution < 1.29 is 31.9 Å². The van der Waals surface area contributed by atoms with Gasteiger partial charge in [-0.2, -0.15) is 18.4 Å². The Morgan fingerprint density at radius 1 is 1.16 bits per heavy atom. The van der Waals surface area contributed by atoms with E-state index in [-0.39, 0.29) is 22.5 Å². The molecule has 1 amide bonds. The summed E-state index contributed by atoms with van der Waals surface area (Å²) >= 11 is 1.35. The molecule has 4 aromatic rings. The Kier molecular flexibility index (Phi) is 6.59. The Hall–Kier alpha value is -4.30. The molecule has 1 aliphatic rings. The van der Waals surface area contributed by atoms with E-state index < -0.39 is 35.6 Å². The van der Waals surface area contributed by atoms with E-state index in [2.05, 4.69) is 11.4 Å². The lowest BCUT2D eigenvalue weighted by atomic mass is 10.1. The van der Waals surface area contributed by atoms with E-state index in [0.29, 0.717) is 10.6 Å². The number of thiophene rings is 1. The molecule has 7 nitrogen and oxygen atoms in total. The molecular weight excluding hydrogens is 521 g/mol. The van der Waals surface area contributed by atoms with E-state index in [1.54, 1.807) is 19.1 Å². The fourth-order valence-electron chi connectivity index (χ4n) is 4.17. The van der Waals surface area contributed by atoms with Crippen molar-refractivity contribution in [2.45, 2.75) is 32.4 Å². The number of fused-ring (bicyclic) bond motifs is 2. The monoisotopic (exact) mass is 540 g/mol. The van der Waals surface area contributed by atoms with Gasteiger partial charge < -0.3 is 19.2 Å². The molecule has 0 unspecified atom stereocenters. The van der Waals surface area contributed by atoms with Crippen LogP contribution >= 0.6 is 11.3 Å². The van der Waals surface area contributed by atoms with Gasteiger partial charge in [-0.3, -0.25) is 9.59 Å². The van der Waals surface area contributed by atoms with Gasteiger partial charge in [0.2, 0.25) is 11.2 Å². The highest BCUT2D eigenvalue weighted by molar-refractivity contribution is 7.16. The second-order valence-corrected chi connectivity index (χ2v) is 9.78. The fourth-order valence-corrected chi connectivity index (χ4v) is 5.43. The summed E-state index contributed by atoms with van der Waals surface area (Å²) in [6.45, 7) is 1.33. The molecular formula is C27H19F3N2O5S. The van der Waals surface area contributed by atoms with Gasteiger partial charge in [0.15, 0.2) is 6.61 Å². The van der Waals surface area contributed by atoms with E-state index in [4.69, 9.17) is 13.9 Å². The third-order valence-corrected chi connectivity index (χ3v) is 7.18. The maximum absolute atomic E-state index is 13.8. The molecule has 2 aromatic heterocycles. The summed E-state index contributed by atoms with van der Waals surface area (Å²) in [5, 5.41) is 12.4. The molecule has 0 saturated heterocycles. The molecule has 0 atom stereocenters. The maximum Gasteiger partial charge on any atom is 0.453 e. The number of halogens is 3. The van der Waals surface area contributed by atoms with Crippen LogP contribution in [-0.2, 0) is 23.8 Å². The van der Waals surface area contributed by atoms with Crippen molar-refractivity contribution in [3.63, 3.8) is 0 Å². The standard InChI is InChI=1S/C27H19F3N2O5S/c1-14-5-7-15(8-6-14)36-24-23(34)18-10-9-16(11-20(18)37-25(24)27(28,29)30)35-13-22(33)32-26-19(12-31)17-3-2-4-21(17)38-26/h5-11H,2-4,13H2,1H3,(H,32,33). The SMILES string of the molecule is Cc1ccc(Oc2c(C(F)(F)F)oc3cc(OCC(=O)Nc4sc5c(c4C#N)CCC5)ccc3c2=O)cc1. The highest BCUT2D eigenvalue weighted by Crippen LogP contribution is 2.40. The summed E-state index contributed by atoms with van der Waals surface area (Å²) in [5.41, 5.74) is 0.900. The molecule has 0 fully saturated rings. The van der Waals surface area contributed by atoms with E-state index in [0.717, 1.165) is 41.3 Å². The predicted molar refractivity (Wildman–Crippen MR) is 134 cm³/mol. The number of amides is 1. The van der Waals surface area contributed by atoms with Crippen LogP contribution < -0.4 is 20.2 Å².